The number of rotatable bonds is 2. The Morgan fingerprint density at radius 2 is 1.58 bits per heavy atom. The molecule has 1 atom stereocenters. The van der Waals surface area contributed by atoms with E-state index in [1.54, 1.807) is 0 Å². The highest BCUT2D eigenvalue weighted by Crippen LogP contribution is 2.28. The standard InChI is InChI=1S/C10H12Cl2/c1-7(2)10(12)8-3-5-9(11)6-4-8/h3-7,10H,1-2H3. The Morgan fingerprint density at radius 1 is 1.08 bits per heavy atom. The molecule has 12 heavy (non-hydrogen) atoms. The van der Waals surface area contributed by atoms with Crippen LogP contribution in [0.2, 0.25) is 5.02 Å². The van der Waals surface area contributed by atoms with Gasteiger partial charge in [-0.3, -0.25) is 0 Å². The molecule has 1 unspecified atom stereocenters. The molecule has 66 valence electrons. The molecule has 0 bridgehead atoms. The lowest BCUT2D eigenvalue weighted by molar-refractivity contribution is 0.624. The van der Waals surface area contributed by atoms with Crippen molar-refractivity contribution in [2.24, 2.45) is 5.92 Å². The van der Waals surface area contributed by atoms with Crippen molar-refractivity contribution in [1.82, 2.24) is 0 Å². The zero-order valence-electron chi connectivity index (χ0n) is 7.22. The van der Waals surface area contributed by atoms with Gasteiger partial charge in [-0.25, -0.2) is 0 Å². The molecule has 0 nitrogen and oxygen atoms in total. The minimum atomic E-state index is 0.0854. The summed E-state index contributed by atoms with van der Waals surface area (Å²) < 4.78 is 0. The van der Waals surface area contributed by atoms with Crippen LogP contribution >= 0.6 is 23.2 Å². The van der Waals surface area contributed by atoms with Crippen LogP contribution in [-0.4, -0.2) is 0 Å². The van der Waals surface area contributed by atoms with Crippen molar-refractivity contribution in [3.63, 3.8) is 0 Å². The zero-order valence-corrected chi connectivity index (χ0v) is 8.73. The number of halogens is 2. The van der Waals surface area contributed by atoms with Crippen LogP contribution in [0.25, 0.3) is 0 Å². The van der Waals surface area contributed by atoms with E-state index >= 15 is 0 Å². The maximum absolute atomic E-state index is 6.15. The van der Waals surface area contributed by atoms with Crippen LogP contribution in [0.4, 0.5) is 0 Å². The number of benzene rings is 1. The maximum Gasteiger partial charge on any atom is 0.0608 e. The van der Waals surface area contributed by atoms with Gasteiger partial charge in [0.05, 0.1) is 5.38 Å². The summed E-state index contributed by atoms with van der Waals surface area (Å²) in [5.74, 6) is 0.452. The van der Waals surface area contributed by atoms with Crippen LogP contribution < -0.4 is 0 Å². The van der Waals surface area contributed by atoms with Crippen molar-refractivity contribution >= 4 is 23.2 Å². The highest BCUT2D eigenvalue weighted by Gasteiger charge is 2.11. The molecule has 0 spiro atoms. The van der Waals surface area contributed by atoms with Crippen LogP contribution in [-0.2, 0) is 0 Å². The summed E-state index contributed by atoms with van der Waals surface area (Å²) in [5, 5.41) is 0.841. The van der Waals surface area contributed by atoms with E-state index in [2.05, 4.69) is 13.8 Å². The molecule has 0 aliphatic heterocycles. The maximum atomic E-state index is 6.15. The van der Waals surface area contributed by atoms with Crippen LogP contribution in [0.1, 0.15) is 24.8 Å². The molecule has 0 saturated heterocycles. The monoisotopic (exact) mass is 202 g/mol. The van der Waals surface area contributed by atoms with Gasteiger partial charge < -0.3 is 0 Å². The fraction of sp³-hybridized carbons (Fsp3) is 0.400. The number of alkyl halides is 1. The molecule has 0 fully saturated rings. The van der Waals surface area contributed by atoms with E-state index in [1.807, 2.05) is 24.3 Å². The molecule has 0 N–H and O–H groups in total. The van der Waals surface area contributed by atoms with Crippen molar-refractivity contribution in [2.75, 3.05) is 0 Å². The molecular weight excluding hydrogens is 191 g/mol. The molecule has 0 aromatic heterocycles. The summed E-state index contributed by atoms with van der Waals surface area (Å²) in [7, 11) is 0. The highest BCUT2D eigenvalue weighted by molar-refractivity contribution is 6.30. The first-order valence-corrected chi connectivity index (χ1v) is 4.82. The van der Waals surface area contributed by atoms with Gasteiger partial charge in [-0.2, -0.15) is 0 Å². The van der Waals surface area contributed by atoms with Crippen molar-refractivity contribution in [3.8, 4) is 0 Å². The predicted octanol–water partition coefficient (Wildman–Crippen LogP) is 4.28. The minimum Gasteiger partial charge on any atom is -0.118 e. The minimum absolute atomic E-state index is 0.0854. The van der Waals surface area contributed by atoms with Gasteiger partial charge in [0.15, 0.2) is 0 Å². The van der Waals surface area contributed by atoms with E-state index in [9.17, 15) is 0 Å². The van der Waals surface area contributed by atoms with Crippen molar-refractivity contribution in [2.45, 2.75) is 19.2 Å². The van der Waals surface area contributed by atoms with Crippen molar-refractivity contribution in [3.05, 3.63) is 34.9 Å². The van der Waals surface area contributed by atoms with Gasteiger partial charge in [-0.15, -0.1) is 11.6 Å². The molecule has 1 aromatic rings. The van der Waals surface area contributed by atoms with Crippen molar-refractivity contribution < 1.29 is 0 Å². The van der Waals surface area contributed by atoms with Gasteiger partial charge in [-0.1, -0.05) is 37.6 Å². The number of hydrogen-bond acceptors (Lipinski definition) is 0. The van der Waals surface area contributed by atoms with Gasteiger partial charge in [-0.05, 0) is 23.6 Å². The van der Waals surface area contributed by atoms with Crippen LogP contribution in [0.15, 0.2) is 24.3 Å². The third-order valence-corrected chi connectivity index (χ3v) is 2.78. The quantitative estimate of drug-likeness (QED) is 0.629. The third-order valence-electron chi connectivity index (χ3n) is 1.77. The normalized spacial score (nSPS) is 13.4. The lowest BCUT2D eigenvalue weighted by Crippen LogP contribution is -1.98. The van der Waals surface area contributed by atoms with E-state index in [4.69, 9.17) is 23.2 Å². The Bertz CT molecular complexity index is 239. The van der Waals surface area contributed by atoms with Crippen LogP contribution in [0.3, 0.4) is 0 Å². The second kappa shape index (κ2) is 4.15. The summed E-state index contributed by atoms with van der Waals surface area (Å²) >= 11 is 11.9. The molecule has 0 amide bonds. The first-order valence-electron chi connectivity index (χ1n) is 4.01. The second-order valence-corrected chi connectivity index (χ2v) is 4.10. The van der Waals surface area contributed by atoms with Gasteiger partial charge >= 0.3 is 0 Å². The fourth-order valence-corrected chi connectivity index (χ4v) is 1.30. The Labute approximate surface area is 83.5 Å². The first kappa shape index (κ1) is 9.88. The SMILES string of the molecule is CC(C)C(Cl)c1ccc(Cl)cc1. The van der Waals surface area contributed by atoms with Gasteiger partial charge in [0.1, 0.15) is 0 Å². The Hall–Kier alpha value is -0.200. The molecule has 2 heteroatoms. The molecule has 0 saturated carbocycles. The zero-order chi connectivity index (χ0) is 9.14. The molecule has 0 heterocycles. The second-order valence-electron chi connectivity index (χ2n) is 3.20. The summed E-state index contributed by atoms with van der Waals surface area (Å²) in [6.07, 6.45) is 0. The topological polar surface area (TPSA) is 0 Å². The van der Waals surface area contributed by atoms with E-state index in [-0.39, 0.29) is 5.38 Å². The van der Waals surface area contributed by atoms with Gasteiger partial charge in [0, 0.05) is 5.02 Å². The highest BCUT2D eigenvalue weighted by atomic mass is 35.5. The summed E-state index contributed by atoms with van der Waals surface area (Å²) in [4.78, 5) is 0. The fourth-order valence-electron chi connectivity index (χ4n) is 1.03. The number of hydrogen-bond donors (Lipinski definition) is 0. The van der Waals surface area contributed by atoms with E-state index in [1.165, 1.54) is 0 Å². The molecule has 0 aliphatic rings. The third kappa shape index (κ3) is 2.40. The van der Waals surface area contributed by atoms with E-state index < -0.39 is 0 Å². The Kier molecular flexibility index (Phi) is 3.42. The first-order chi connectivity index (χ1) is 5.61. The summed E-state index contributed by atoms with van der Waals surface area (Å²) in [5.41, 5.74) is 1.14. The van der Waals surface area contributed by atoms with E-state index in [0.29, 0.717) is 5.92 Å². The molecule has 1 rings (SSSR count). The lowest BCUT2D eigenvalue weighted by Gasteiger charge is -2.13. The lowest BCUT2D eigenvalue weighted by atomic mass is 10.0. The average Bonchev–Trinajstić information content (AvgIpc) is 2.04. The molecule has 1 aromatic carbocycles. The molecule has 0 aliphatic carbocycles. The van der Waals surface area contributed by atoms with Gasteiger partial charge in [0.25, 0.3) is 0 Å². The summed E-state index contributed by atoms with van der Waals surface area (Å²) in [6.45, 7) is 4.21. The molecule has 0 radical (unpaired) electrons. The van der Waals surface area contributed by atoms with E-state index in [0.717, 1.165) is 10.6 Å². The predicted molar refractivity (Wildman–Crippen MR) is 54.9 cm³/mol. The van der Waals surface area contributed by atoms with Gasteiger partial charge in [0.2, 0.25) is 0 Å². The molecular formula is C10H12Cl2. The van der Waals surface area contributed by atoms with Crippen LogP contribution in [0.5, 0.6) is 0 Å². The van der Waals surface area contributed by atoms with Crippen LogP contribution in [0, 0.1) is 5.92 Å². The summed E-state index contributed by atoms with van der Waals surface area (Å²) in [6, 6.07) is 7.68. The largest absolute Gasteiger partial charge is 0.118 e. The Morgan fingerprint density at radius 3 is 2.00 bits per heavy atom. The Balaban J connectivity index is 2.82. The van der Waals surface area contributed by atoms with Crippen molar-refractivity contribution in [1.29, 1.82) is 0 Å². The average molecular weight is 203 g/mol. The smallest absolute Gasteiger partial charge is 0.0608 e.